The van der Waals surface area contributed by atoms with Gasteiger partial charge in [0.15, 0.2) is 0 Å². The van der Waals surface area contributed by atoms with Crippen molar-refractivity contribution in [3.05, 3.63) is 24.5 Å². The lowest BCUT2D eigenvalue weighted by Gasteiger charge is -2.21. The highest BCUT2D eigenvalue weighted by Crippen LogP contribution is 2.26. The first-order chi connectivity index (χ1) is 9.33. The lowest BCUT2D eigenvalue weighted by Crippen LogP contribution is -2.20. The molecule has 0 amide bonds. The van der Waals surface area contributed by atoms with Gasteiger partial charge in [0.1, 0.15) is 12.1 Å². The van der Waals surface area contributed by atoms with E-state index in [1.165, 1.54) is 25.0 Å². The van der Waals surface area contributed by atoms with E-state index in [4.69, 9.17) is 5.73 Å². The summed E-state index contributed by atoms with van der Waals surface area (Å²) in [5.74, 6) is 2.17. The monoisotopic (exact) mass is 274 g/mol. The van der Waals surface area contributed by atoms with Gasteiger partial charge in [-0.15, -0.1) is 0 Å². The Kier molecular flexibility index (Phi) is 3.73. The summed E-state index contributed by atoms with van der Waals surface area (Å²) in [6.45, 7) is 0.964. The first-order valence-electron chi connectivity index (χ1n) is 6.68. The van der Waals surface area contributed by atoms with Crippen LogP contribution in [0.5, 0.6) is 0 Å². The van der Waals surface area contributed by atoms with E-state index in [9.17, 15) is 0 Å². The van der Waals surface area contributed by atoms with Gasteiger partial charge in [-0.3, -0.25) is 0 Å². The predicted octanol–water partition coefficient (Wildman–Crippen LogP) is 2.91. The van der Waals surface area contributed by atoms with Crippen molar-refractivity contribution in [2.75, 3.05) is 23.3 Å². The summed E-state index contributed by atoms with van der Waals surface area (Å²) in [5, 5.41) is 5.15. The molecule has 4 nitrogen and oxygen atoms in total. The van der Waals surface area contributed by atoms with Gasteiger partial charge in [0.2, 0.25) is 0 Å². The third-order valence-corrected chi connectivity index (χ3v) is 4.83. The number of nitrogen functional groups attached to an aromatic ring is 1. The van der Waals surface area contributed by atoms with Crippen LogP contribution in [0.4, 0.5) is 11.5 Å². The number of rotatable bonds is 3. The van der Waals surface area contributed by atoms with E-state index in [0.29, 0.717) is 5.25 Å². The minimum atomic E-state index is 0.694. The van der Waals surface area contributed by atoms with Crippen LogP contribution >= 0.6 is 11.8 Å². The van der Waals surface area contributed by atoms with Crippen molar-refractivity contribution in [2.45, 2.75) is 24.5 Å². The minimum Gasteiger partial charge on any atom is -0.399 e. The number of nitrogens with zero attached hydrogens (tertiary/aromatic N) is 2. The van der Waals surface area contributed by atoms with Crippen molar-refractivity contribution in [3.8, 4) is 0 Å². The second kappa shape index (κ2) is 5.65. The second-order valence-corrected chi connectivity index (χ2v) is 6.28. The molecule has 1 unspecified atom stereocenters. The lowest BCUT2D eigenvalue weighted by atomic mass is 10.2. The molecule has 100 valence electrons. The van der Waals surface area contributed by atoms with Gasteiger partial charge >= 0.3 is 0 Å². The van der Waals surface area contributed by atoms with E-state index in [2.05, 4.69) is 27.0 Å². The molecular weight excluding hydrogens is 256 g/mol. The Labute approximate surface area is 117 Å². The lowest BCUT2D eigenvalue weighted by molar-refractivity contribution is 0.677. The number of anilines is 2. The van der Waals surface area contributed by atoms with E-state index in [1.807, 2.05) is 18.2 Å². The van der Waals surface area contributed by atoms with Crippen LogP contribution in [0.25, 0.3) is 10.9 Å². The molecule has 0 bridgehead atoms. The highest BCUT2D eigenvalue weighted by atomic mass is 32.2. The van der Waals surface area contributed by atoms with Gasteiger partial charge in [-0.05, 0) is 36.8 Å². The SMILES string of the molecule is Nc1ccc2ncnc(NCC3CCCCS3)c2c1. The van der Waals surface area contributed by atoms with Crippen LogP contribution in [0.2, 0.25) is 0 Å². The standard InChI is InChI=1S/C14H18N4S/c15-10-4-5-13-12(7-10)14(18-9-17-13)16-8-11-3-1-2-6-19-11/h4-5,7,9,11H,1-3,6,8,15H2,(H,16,17,18). The van der Waals surface area contributed by atoms with Crippen molar-refractivity contribution in [1.82, 2.24) is 9.97 Å². The first kappa shape index (κ1) is 12.5. The zero-order valence-electron chi connectivity index (χ0n) is 10.8. The van der Waals surface area contributed by atoms with Crippen LogP contribution in [0.1, 0.15) is 19.3 Å². The second-order valence-electron chi connectivity index (χ2n) is 4.87. The molecule has 1 aromatic heterocycles. The molecule has 2 heterocycles. The smallest absolute Gasteiger partial charge is 0.137 e. The highest BCUT2D eigenvalue weighted by Gasteiger charge is 2.14. The quantitative estimate of drug-likeness (QED) is 0.843. The Morgan fingerprint density at radius 2 is 2.26 bits per heavy atom. The molecule has 1 saturated heterocycles. The summed E-state index contributed by atoms with van der Waals surface area (Å²) in [5.41, 5.74) is 7.53. The average molecular weight is 274 g/mol. The molecule has 1 aromatic carbocycles. The number of benzene rings is 1. The van der Waals surface area contributed by atoms with Gasteiger partial charge in [0.05, 0.1) is 5.52 Å². The van der Waals surface area contributed by atoms with Crippen LogP contribution in [0, 0.1) is 0 Å². The third-order valence-electron chi connectivity index (χ3n) is 3.43. The summed E-state index contributed by atoms with van der Waals surface area (Å²) < 4.78 is 0. The Hall–Kier alpha value is -1.49. The van der Waals surface area contributed by atoms with Gasteiger partial charge in [-0.25, -0.2) is 9.97 Å². The largest absolute Gasteiger partial charge is 0.399 e. The minimum absolute atomic E-state index is 0.694. The molecule has 0 spiro atoms. The molecule has 1 fully saturated rings. The fourth-order valence-electron chi connectivity index (χ4n) is 2.39. The van der Waals surface area contributed by atoms with Crippen LogP contribution in [0.15, 0.2) is 24.5 Å². The highest BCUT2D eigenvalue weighted by molar-refractivity contribution is 7.99. The van der Waals surface area contributed by atoms with Crippen molar-refractivity contribution >= 4 is 34.2 Å². The molecule has 1 atom stereocenters. The number of aromatic nitrogens is 2. The number of thioether (sulfide) groups is 1. The summed E-state index contributed by atoms with van der Waals surface area (Å²) in [6.07, 6.45) is 5.60. The number of hydrogen-bond acceptors (Lipinski definition) is 5. The van der Waals surface area contributed by atoms with Gasteiger partial charge < -0.3 is 11.1 Å². The normalized spacial score (nSPS) is 19.5. The maximum atomic E-state index is 5.84. The molecule has 2 aromatic rings. The molecule has 3 rings (SSSR count). The van der Waals surface area contributed by atoms with E-state index in [0.717, 1.165) is 29.0 Å². The van der Waals surface area contributed by atoms with Gasteiger partial charge in [0, 0.05) is 22.9 Å². The molecule has 0 saturated carbocycles. The fourth-order valence-corrected chi connectivity index (χ4v) is 3.63. The number of hydrogen-bond donors (Lipinski definition) is 2. The molecule has 19 heavy (non-hydrogen) atoms. The topological polar surface area (TPSA) is 63.8 Å². The zero-order valence-corrected chi connectivity index (χ0v) is 11.6. The first-order valence-corrected chi connectivity index (χ1v) is 7.73. The summed E-state index contributed by atoms with van der Waals surface area (Å²) >= 11 is 2.06. The van der Waals surface area contributed by atoms with Gasteiger partial charge in [-0.2, -0.15) is 11.8 Å². The van der Waals surface area contributed by atoms with E-state index in [-0.39, 0.29) is 0 Å². The Morgan fingerprint density at radius 1 is 1.32 bits per heavy atom. The average Bonchev–Trinajstić information content (AvgIpc) is 2.46. The predicted molar refractivity (Wildman–Crippen MR) is 82.5 cm³/mol. The Morgan fingerprint density at radius 3 is 3.11 bits per heavy atom. The summed E-state index contributed by atoms with van der Waals surface area (Å²) in [4.78, 5) is 8.61. The Balaban J connectivity index is 1.78. The van der Waals surface area contributed by atoms with Gasteiger partial charge in [-0.1, -0.05) is 6.42 Å². The molecule has 1 aliphatic rings. The van der Waals surface area contributed by atoms with E-state index in [1.54, 1.807) is 6.33 Å². The molecular formula is C14H18N4S. The van der Waals surface area contributed by atoms with Crippen molar-refractivity contribution in [2.24, 2.45) is 0 Å². The van der Waals surface area contributed by atoms with Crippen molar-refractivity contribution in [1.29, 1.82) is 0 Å². The zero-order chi connectivity index (χ0) is 13.1. The van der Waals surface area contributed by atoms with Crippen molar-refractivity contribution in [3.63, 3.8) is 0 Å². The number of nitrogens with one attached hydrogen (secondary N) is 1. The molecule has 3 N–H and O–H groups in total. The van der Waals surface area contributed by atoms with E-state index >= 15 is 0 Å². The van der Waals surface area contributed by atoms with Crippen LogP contribution < -0.4 is 11.1 Å². The maximum absolute atomic E-state index is 5.84. The molecule has 0 radical (unpaired) electrons. The Bertz CT molecular complexity index is 566. The van der Waals surface area contributed by atoms with Crippen LogP contribution in [-0.4, -0.2) is 27.5 Å². The molecule has 5 heteroatoms. The summed E-state index contributed by atoms with van der Waals surface area (Å²) in [7, 11) is 0. The van der Waals surface area contributed by atoms with Crippen molar-refractivity contribution < 1.29 is 0 Å². The number of nitrogens with two attached hydrogens (primary N) is 1. The summed E-state index contributed by atoms with van der Waals surface area (Å²) in [6, 6.07) is 5.74. The van der Waals surface area contributed by atoms with Crippen LogP contribution in [0.3, 0.4) is 0 Å². The third kappa shape index (κ3) is 2.92. The number of fused-ring (bicyclic) bond motifs is 1. The van der Waals surface area contributed by atoms with Crippen LogP contribution in [-0.2, 0) is 0 Å². The fraction of sp³-hybridized carbons (Fsp3) is 0.429. The molecule has 0 aliphatic carbocycles. The van der Waals surface area contributed by atoms with Gasteiger partial charge in [0.25, 0.3) is 0 Å². The molecule has 1 aliphatic heterocycles. The maximum Gasteiger partial charge on any atom is 0.137 e. The van der Waals surface area contributed by atoms with E-state index < -0.39 is 0 Å².